The summed E-state index contributed by atoms with van der Waals surface area (Å²) in [6, 6.07) is 6.28. The van der Waals surface area contributed by atoms with Crippen LogP contribution in [0.3, 0.4) is 0 Å². The molecule has 0 aliphatic carbocycles. The van der Waals surface area contributed by atoms with E-state index in [0.29, 0.717) is 5.92 Å². The van der Waals surface area contributed by atoms with Crippen LogP contribution >= 0.6 is 0 Å². The Hall–Kier alpha value is -1.22. The molecule has 0 aliphatic rings. The van der Waals surface area contributed by atoms with Crippen molar-refractivity contribution < 1.29 is 9.47 Å². The molecule has 0 saturated heterocycles. The van der Waals surface area contributed by atoms with E-state index in [1.165, 1.54) is 5.56 Å². The van der Waals surface area contributed by atoms with Gasteiger partial charge in [0.15, 0.2) is 11.5 Å². The average molecular weight is 265 g/mol. The zero-order chi connectivity index (χ0) is 14.1. The van der Waals surface area contributed by atoms with Crippen molar-refractivity contribution in [2.45, 2.75) is 45.4 Å². The number of rotatable bonds is 9. The Morgan fingerprint density at radius 1 is 1.21 bits per heavy atom. The number of hydrogen-bond acceptors (Lipinski definition) is 3. The topological polar surface area (TPSA) is 44.5 Å². The largest absolute Gasteiger partial charge is 0.493 e. The van der Waals surface area contributed by atoms with Gasteiger partial charge in [-0.15, -0.1) is 0 Å². The highest BCUT2D eigenvalue weighted by atomic mass is 16.5. The molecule has 1 rings (SSSR count). The summed E-state index contributed by atoms with van der Waals surface area (Å²) >= 11 is 0. The van der Waals surface area contributed by atoms with E-state index >= 15 is 0 Å². The van der Waals surface area contributed by atoms with Crippen molar-refractivity contribution in [1.82, 2.24) is 0 Å². The predicted molar refractivity (Wildman–Crippen MR) is 80.1 cm³/mol. The maximum atomic E-state index is 5.68. The molecule has 19 heavy (non-hydrogen) atoms. The van der Waals surface area contributed by atoms with Gasteiger partial charge in [0.2, 0.25) is 0 Å². The Morgan fingerprint density at radius 2 is 2.00 bits per heavy atom. The minimum absolute atomic E-state index is 0.553. The van der Waals surface area contributed by atoms with Crippen molar-refractivity contribution in [3.63, 3.8) is 0 Å². The van der Waals surface area contributed by atoms with Gasteiger partial charge in [-0.3, -0.25) is 0 Å². The Bertz CT molecular complexity index is 366. The molecule has 0 saturated carbocycles. The first-order valence-electron chi connectivity index (χ1n) is 7.27. The number of methoxy groups -OCH3 is 1. The van der Waals surface area contributed by atoms with Crippen LogP contribution in [0.4, 0.5) is 0 Å². The van der Waals surface area contributed by atoms with Gasteiger partial charge in [0, 0.05) is 0 Å². The highest BCUT2D eigenvalue weighted by Gasteiger charge is 2.12. The number of benzene rings is 1. The second-order valence-corrected chi connectivity index (χ2v) is 4.79. The van der Waals surface area contributed by atoms with Crippen molar-refractivity contribution in [3.8, 4) is 11.5 Å². The maximum absolute atomic E-state index is 5.68. The molecule has 3 heteroatoms. The summed E-state index contributed by atoms with van der Waals surface area (Å²) in [5.74, 6) is 2.22. The Balaban J connectivity index is 2.84. The Labute approximate surface area is 117 Å². The van der Waals surface area contributed by atoms with Gasteiger partial charge in [-0.05, 0) is 55.8 Å². The molecule has 0 spiro atoms. The molecule has 0 aliphatic heterocycles. The zero-order valence-corrected chi connectivity index (χ0v) is 12.4. The third-order valence-corrected chi connectivity index (χ3v) is 3.37. The van der Waals surface area contributed by atoms with Crippen molar-refractivity contribution in [2.75, 3.05) is 20.3 Å². The summed E-state index contributed by atoms with van der Waals surface area (Å²) in [5.41, 5.74) is 6.92. The number of ether oxygens (including phenoxy) is 2. The van der Waals surface area contributed by atoms with E-state index in [1.54, 1.807) is 7.11 Å². The molecule has 108 valence electrons. The number of nitrogens with two attached hydrogens (primary N) is 1. The molecule has 0 aromatic heterocycles. The van der Waals surface area contributed by atoms with Gasteiger partial charge in [-0.1, -0.05) is 19.9 Å². The van der Waals surface area contributed by atoms with Gasteiger partial charge in [-0.2, -0.15) is 0 Å². The lowest BCUT2D eigenvalue weighted by Gasteiger charge is -2.17. The molecule has 1 aromatic rings. The van der Waals surface area contributed by atoms with Crippen molar-refractivity contribution in [2.24, 2.45) is 5.73 Å². The van der Waals surface area contributed by atoms with E-state index in [2.05, 4.69) is 26.0 Å². The predicted octanol–water partition coefficient (Wildman–Crippen LogP) is 3.72. The first kappa shape index (κ1) is 15.8. The van der Waals surface area contributed by atoms with Crippen LogP contribution in [-0.4, -0.2) is 20.3 Å². The highest BCUT2D eigenvalue weighted by Crippen LogP contribution is 2.33. The van der Waals surface area contributed by atoms with Gasteiger partial charge in [0.25, 0.3) is 0 Å². The molecule has 0 amide bonds. The van der Waals surface area contributed by atoms with Crippen molar-refractivity contribution in [1.29, 1.82) is 0 Å². The fourth-order valence-corrected chi connectivity index (χ4v) is 2.24. The maximum Gasteiger partial charge on any atom is 0.161 e. The van der Waals surface area contributed by atoms with Crippen LogP contribution in [0.1, 0.15) is 51.0 Å². The zero-order valence-electron chi connectivity index (χ0n) is 12.4. The molecule has 0 bridgehead atoms. The summed E-state index contributed by atoms with van der Waals surface area (Å²) in [5, 5.41) is 0. The monoisotopic (exact) mass is 265 g/mol. The molecule has 3 nitrogen and oxygen atoms in total. The van der Waals surface area contributed by atoms with E-state index in [-0.39, 0.29) is 0 Å². The van der Waals surface area contributed by atoms with Gasteiger partial charge in [0.1, 0.15) is 0 Å². The summed E-state index contributed by atoms with van der Waals surface area (Å²) in [4.78, 5) is 0. The van der Waals surface area contributed by atoms with Crippen molar-refractivity contribution in [3.05, 3.63) is 23.8 Å². The molecular weight excluding hydrogens is 238 g/mol. The lowest BCUT2D eigenvalue weighted by molar-refractivity contribution is 0.294. The number of hydrogen-bond donors (Lipinski definition) is 1. The SMILES string of the molecule is CCCOc1ccc(C(CC)CCCN)cc1OC. The van der Waals surface area contributed by atoms with Gasteiger partial charge < -0.3 is 15.2 Å². The lowest BCUT2D eigenvalue weighted by atomic mass is 9.91. The van der Waals surface area contributed by atoms with E-state index in [0.717, 1.165) is 50.3 Å². The molecular formula is C16H27NO2. The van der Waals surface area contributed by atoms with Gasteiger partial charge >= 0.3 is 0 Å². The fourth-order valence-electron chi connectivity index (χ4n) is 2.24. The van der Waals surface area contributed by atoms with E-state index in [1.807, 2.05) is 6.07 Å². The Kier molecular flexibility index (Phi) is 7.34. The fraction of sp³-hybridized carbons (Fsp3) is 0.625. The summed E-state index contributed by atoms with van der Waals surface area (Å²) in [7, 11) is 1.69. The molecule has 1 unspecified atom stereocenters. The van der Waals surface area contributed by atoms with Gasteiger partial charge in [0.05, 0.1) is 13.7 Å². The molecule has 0 fully saturated rings. The highest BCUT2D eigenvalue weighted by molar-refractivity contribution is 5.44. The van der Waals surface area contributed by atoms with Crippen LogP contribution in [0.5, 0.6) is 11.5 Å². The molecule has 1 aromatic carbocycles. The summed E-state index contributed by atoms with van der Waals surface area (Å²) < 4.78 is 11.1. The summed E-state index contributed by atoms with van der Waals surface area (Å²) in [6.45, 7) is 5.79. The van der Waals surface area contributed by atoms with Gasteiger partial charge in [-0.25, -0.2) is 0 Å². The third kappa shape index (κ3) is 4.75. The third-order valence-electron chi connectivity index (χ3n) is 3.37. The Morgan fingerprint density at radius 3 is 2.58 bits per heavy atom. The smallest absolute Gasteiger partial charge is 0.161 e. The molecule has 0 heterocycles. The first-order valence-corrected chi connectivity index (χ1v) is 7.27. The van der Waals surface area contributed by atoms with E-state index < -0.39 is 0 Å². The quantitative estimate of drug-likeness (QED) is 0.740. The van der Waals surface area contributed by atoms with Crippen LogP contribution in [0.25, 0.3) is 0 Å². The minimum Gasteiger partial charge on any atom is -0.493 e. The molecule has 1 atom stereocenters. The second-order valence-electron chi connectivity index (χ2n) is 4.79. The normalized spacial score (nSPS) is 12.2. The first-order chi connectivity index (χ1) is 9.26. The molecule has 0 radical (unpaired) electrons. The van der Waals surface area contributed by atoms with E-state index in [4.69, 9.17) is 15.2 Å². The second kappa shape index (κ2) is 8.81. The average Bonchev–Trinajstić information content (AvgIpc) is 2.46. The standard InChI is InChI=1S/C16H27NO2/c1-4-11-19-15-9-8-14(12-16(15)18-3)13(5-2)7-6-10-17/h8-9,12-13H,4-7,10-11,17H2,1-3H3. The van der Waals surface area contributed by atoms with E-state index in [9.17, 15) is 0 Å². The molecule has 2 N–H and O–H groups in total. The lowest BCUT2D eigenvalue weighted by Crippen LogP contribution is -2.05. The van der Waals surface area contributed by atoms with Crippen LogP contribution < -0.4 is 15.2 Å². The van der Waals surface area contributed by atoms with Crippen LogP contribution in [0.2, 0.25) is 0 Å². The van der Waals surface area contributed by atoms with Crippen molar-refractivity contribution >= 4 is 0 Å². The van der Waals surface area contributed by atoms with Crippen LogP contribution in [-0.2, 0) is 0 Å². The van der Waals surface area contributed by atoms with Crippen LogP contribution in [0, 0.1) is 0 Å². The minimum atomic E-state index is 0.553. The summed E-state index contributed by atoms with van der Waals surface area (Å²) in [6.07, 6.45) is 4.32. The van der Waals surface area contributed by atoms with Crippen LogP contribution in [0.15, 0.2) is 18.2 Å².